The second kappa shape index (κ2) is 20.2. The summed E-state index contributed by atoms with van der Waals surface area (Å²) in [4.78, 5) is 11.4. The average Bonchev–Trinajstić information content (AvgIpc) is 1.57. The van der Waals surface area contributed by atoms with E-state index >= 15 is 0 Å². The van der Waals surface area contributed by atoms with Crippen LogP contribution < -0.4 is 0 Å². The third kappa shape index (κ3) is 7.96. The van der Waals surface area contributed by atoms with Crippen molar-refractivity contribution in [3.8, 4) is 73.2 Å². The predicted molar refractivity (Wildman–Crippen MR) is 394 cm³/mol. The smallest absolute Gasteiger partial charge is 0.162 e. The molecule has 0 saturated heterocycles. The van der Waals surface area contributed by atoms with Crippen molar-refractivity contribution in [3.05, 3.63) is 309 Å². The van der Waals surface area contributed by atoms with Crippen molar-refractivity contribution in [1.29, 1.82) is 0 Å². The molecule has 0 aliphatic rings. The van der Waals surface area contributed by atoms with E-state index in [1.807, 2.05) is 36.4 Å². The minimum atomic E-state index is 0.593. The lowest BCUT2D eigenvalue weighted by Gasteiger charge is -2.15. The molecule has 21 rings (SSSR count). The summed E-state index contributed by atoms with van der Waals surface area (Å²) in [5.74, 6) is 1.34. The second-order valence-electron chi connectivity index (χ2n) is 25.2. The highest BCUT2D eigenvalue weighted by atomic mass is 16.3. The van der Waals surface area contributed by atoms with Crippen molar-refractivity contribution in [3.63, 3.8) is 0 Å². The van der Waals surface area contributed by atoms with Crippen molar-refractivity contribution < 1.29 is 13.3 Å². The predicted octanol–water partition coefficient (Wildman–Crippen LogP) is 23.8. The first kappa shape index (κ1) is 52.6. The van der Waals surface area contributed by atoms with Gasteiger partial charge in [0.15, 0.2) is 5.82 Å². The van der Waals surface area contributed by atoms with Crippen LogP contribution in [0.25, 0.3) is 204 Å². The van der Waals surface area contributed by atoms with Crippen LogP contribution in [0.1, 0.15) is 0 Å². The van der Waals surface area contributed by atoms with Gasteiger partial charge in [0.2, 0.25) is 0 Å². The number of aromatic nitrogens is 5. The monoisotopic (exact) mass is 1230 g/mol. The fourth-order valence-corrected chi connectivity index (χ4v) is 15.4. The first-order valence-corrected chi connectivity index (χ1v) is 32.5. The van der Waals surface area contributed by atoms with Gasteiger partial charge < -0.3 is 22.4 Å². The largest absolute Gasteiger partial charge is 0.456 e. The van der Waals surface area contributed by atoms with Crippen LogP contribution in [-0.4, -0.2) is 23.7 Å². The highest BCUT2D eigenvalue weighted by molar-refractivity contribution is 6.15. The maximum Gasteiger partial charge on any atom is 0.162 e. The van der Waals surface area contributed by atoms with Gasteiger partial charge in [-0.2, -0.15) is 0 Å². The fourth-order valence-electron chi connectivity index (χ4n) is 15.4. The fraction of sp³-hybridized carbons (Fsp3) is 0. The number of para-hydroxylation sites is 6. The molecule has 0 N–H and O–H groups in total. The zero-order chi connectivity index (χ0) is 62.7. The maximum absolute atomic E-state index is 6.46. The number of nitrogens with zero attached hydrogens (tertiary/aromatic N) is 5. The molecule has 0 bridgehead atoms. The summed E-state index contributed by atoms with van der Waals surface area (Å²) in [6.45, 7) is 0. The number of hydrogen-bond donors (Lipinski definition) is 0. The summed E-state index contributed by atoms with van der Waals surface area (Å²) < 4.78 is 26.4. The minimum absolute atomic E-state index is 0.593. The summed E-state index contributed by atoms with van der Waals surface area (Å²) in [7, 11) is 0. The van der Waals surface area contributed by atoms with E-state index in [2.05, 4.69) is 287 Å². The molecule has 0 unspecified atom stereocenters. The molecule has 96 heavy (non-hydrogen) atoms. The van der Waals surface area contributed by atoms with E-state index in [1.54, 1.807) is 0 Å². The Hall–Kier alpha value is -13.0. The molecule has 446 valence electrons. The normalized spacial score (nSPS) is 12.2. The zero-order valence-corrected chi connectivity index (χ0v) is 51.4. The van der Waals surface area contributed by atoms with E-state index in [1.165, 1.54) is 16.2 Å². The standard InChI is InChI=1S/C88H51N5O3/c1-7-25-75-62(19-1)65-37-31-52(55-34-40-71-68-22-4-10-28-81(68)94-84(71)48-55)45-78(65)91(75)60-17-13-15-58(43-60)74-51-87(93-77-27-9-3-21-64(77)67-39-33-54(47-80(67)93)57-36-42-73-70-24-6-12-30-83(70)96-86(73)50-57)90-88(89-74)59-16-14-18-61(44-59)92-76-26-8-2-20-63(76)66-38-32-53(46-79(66)92)56-35-41-72-69-23-5-11-29-82(69)95-85(72)49-56/h1-51H. The van der Waals surface area contributed by atoms with Gasteiger partial charge in [0, 0.05) is 93.2 Å². The molecule has 0 amide bonds. The third-order valence-electron chi connectivity index (χ3n) is 19.9. The van der Waals surface area contributed by atoms with Gasteiger partial charge in [0.1, 0.15) is 39.3 Å². The van der Waals surface area contributed by atoms with Crippen LogP contribution in [0, 0.1) is 0 Å². The summed E-state index contributed by atoms with van der Waals surface area (Å²) in [5, 5.41) is 13.6. The first-order valence-electron chi connectivity index (χ1n) is 32.5. The highest BCUT2D eigenvalue weighted by Crippen LogP contribution is 2.43. The Balaban J connectivity index is 0.753. The molecule has 14 aromatic carbocycles. The van der Waals surface area contributed by atoms with Gasteiger partial charge in [-0.05, 0) is 149 Å². The van der Waals surface area contributed by atoms with Crippen molar-refractivity contribution in [1.82, 2.24) is 23.7 Å². The number of fused-ring (bicyclic) bond motifs is 18. The lowest BCUT2D eigenvalue weighted by atomic mass is 10.0. The summed E-state index contributed by atoms with van der Waals surface area (Å²) in [6, 6.07) is 111. The topological polar surface area (TPSA) is 80.0 Å². The zero-order valence-electron chi connectivity index (χ0n) is 51.4. The second-order valence-corrected chi connectivity index (χ2v) is 25.2. The van der Waals surface area contributed by atoms with Crippen LogP contribution >= 0.6 is 0 Å². The van der Waals surface area contributed by atoms with E-state index in [0.29, 0.717) is 5.82 Å². The Morgan fingerprint density at radius 3 is 0.958 bits per heavy atom. The van der Waals surface area contributed by atoms with Gasteiger partial charge in [-0.25, -0.2) is 9.97 Å². The average molecular weight is 1230 g/mol. The van der Waals surface area contributed by atoms with Crippen LogP contribution in [0.15, 0.2) is 323 Å². The summed E-state index contributed by atoms with van der Waals surface area (Å²) >= 11 is 0. The van der Waals surface area contributed by atoms with Crippen molar-refractivity contribution in [2.24, 2.45) is 0 Å². The molecule has 0 spiro atoms. The lowest BCUT2D eigenvalue weighted by Crippen LogP contribution is -2.03. The van der Waals surface area contributed by atoms with E-state index in [4.69, 9.17) is 23.2 Å². The van der Waals surface area contributed by atoms with Crippen molar-refractivity contribution >= 4 is 131 Å². The van der Waals surface area contributed by atoms with Crippen LogP contribution in [0.4, 0.5) is 0 Å². The molecule has 8 nitrogen and oxygen atoms in total. The van der Waals surface area contributed by atoms with Gasteiger partial charge >= 0.3 is 0 Å². The Labute approximate surface area is 547 Å². The Bertz CT molecular complexity index is 6570. The van der Waals surface area contributed by atoms with Crippen LogP contribution in [0.2, 0.25) is 0 Å². The molecule has 7 aromatic heterocycles. The van der Waals surface area contributed by atoms with E-state index < -0.39 is 0 Å². The molecule has 8 heteroatoms. The van der Waals surface area contributed by atoms with E-state index in [0.717, 1.165) is 182 Å². The lowest BCUT2D eigenvalue weighted by molar-refractivity contribution is 0.668. The SMILES string of the molecule is c1cc(-c2cc(-n3c4ccccc4c4ccc(-c5ccc6c(c5)oc5ccccc56)cc43)nc(-c3cccc(-n4c5ccccc5c5ccc(-c6ccc7c(c6)oc6ccccc67)cc54)c3)n2)cc(-n2c3ccccc3c3ccc(-c4ccc5c(c4)oc4ccccc45)cc32)c1. The van der Waals surface area contributed by atoms with Crippen molar-refractivity contribution in [2.45, 2.75) is 0 Å². The Morgan fingerprint density at radius 1 is 0.198 bits per heavy atom. The number of hydrogen-bond acceptors (Lipinski definition) is 5. The summed E-state index contributed by atoms with van der Waals surface area (Å²) in [5.41, 5.74) is 22.8. The number of furan rings is 3. The van der Waals surface area contributed by atoms with Crippen LogP contribution in [0.3, 0.4) is 0 Å². The van der Waals surface area contributed by atoms with Crippen LogP contribution in [-0.2, 0) is 0 Å². The molecule has 0 radical (unpaired) electrons. The van der Waals surface area contributed by atoms with Gasteiger partial charge in [0.05, 0.1) is 38.8 Å². The molecule has 0 atom stereocenters. The molecule has 0 fully saturated rings. The third-order valence-corrected chi connectivity index (χ3v) is 19.9. The minimum Gasteiger partial charge on any atom is -0.456 e. The van der Waals surface area contributed by atoms with E-state index in [9.17, 15) is 0 Å². The van der Waals surface area contributed by atoms with E-state index in [-0.39, 0.29) is 0 Å². The molecular weight excluding hydrogens is 1170 g/mol. The molecule has 21 aromatic rings. The number of rotatable bonds is 8. The Kier molecular flexibility index (Phi) is 11.1. The maximum atomic E-state index is 6.46. The van der Waals surface area contributed by atoms with Gasteiger partial charge in [0.25, 0.3) is 0 Å². The molecular formula is C88H51N5O3. The van der Waals surface area contributed by atoms with Gasteiger partial charge in [-0.15, -0.1) is 0 Å². The Morgan fingerprint density at radius 2 is 0.521 bits per heavy atom. The van der Waals surface area contributed by atoms with Gasteiger partial charge in [-0.3, -0.25) is 4.57 Å². The molecule has 0 saturated carbocycles. The first-order chi connectivity index (χ1) is 47.5. The molecule has 7 heterocycles. The molecule has 0 aliphatic carbocycles. The quantitative estimate of drug-likeness (QED) is 0.151. The van der Waals surface area contributed by atoms with Crippen LogP contribution in [0.5, 0.6) is 0 Å². The molecule has 0 aliphatic heterocycles. The van der Waals surface area contributed by atoms with Crippen molar-refractivity contribution in [2.75, 3.05) is 0 Å². The summed E-state index contributed by atoms with van der Waals surface area (Å²) in [6.07, 6.45) is 0. The van der Waals surface area contributed by atoms with Gasteiger partial charge in [-0.1, -0.05) is 188 Å². The highest BCUT2D eigenvalue weighted by Gasteiger charge is 2.22. The number of benzene rings is 14.